The summed E-state index contributed by atoms with van der Waals surface area (Å²) in [6.45, 7) is 5.66. The van der Waals surface area contributed by atoms with Gasteiger partial charge in [0.25, 0.3) is 0 Å². The Kier molecular flexibility index (Phi) is 4.65. The highest BCUT2D eigenvalue weighted by atomic mass is 16.2. The number of rotatable bonds is 4. The molecule has 1 aliphatic carbocycles. The summed E-state index contributed by atoms with van der Waals surface area (Å²) in [4.78, 5) is 17.5. The summed E-state index contributed by atoms with van der Waals surface area (Å²) in [5.74, 6) is 1.15. The van der Waals surface area contributed by atoms with Crippen molar-refractivity contribution < 1.29 is 4.79 Å². The van der Waals surface area contributed by atoms with E-state index in [0.29, 0.717) is 23.9 Å². The third-order valence-electron chi connectivity index (χ3n) is 5.82. The first-order valence-corrected chi connectivity index (χ1v) is 8.83. The first kappa shape index (κ1) is 14.4. The molecule has 3 fully saturated rings. The van der Waals surface area contributed by atoms with Gasteiger partial charge in [-0.2, -0.15) is 0 Å². The fourth-order valence-electron chi connectivity index (χ4n) is 4.76. The average Bonchev–Trinajstić information content (AvgIpc) is 3.18. The quantitative estimate of drug-likeness (QED) is 0.789. The van der Waals surface area contributed by atoms with Crippen LogP contribution in [0, 0.1) is 5.92 Å². The van der Waals surface area contributed by atoms with Crippen LogP contribution in [0.5, 0.6) is 0 Å². The molecule has 2 heterocycles. The van der Waals surface area contributed by atoms with Crippen molar-refractivity contribution in [2.75, 3.05) is 19.6 Å². The molecule has 20 heavy (non-hydrogen) atoms. The smallest absolute Gasteiger partial charge is 0.223 e. The first-order valence-electron chi connectivity index (χ1n) is 8.83. The molecule has 1 amide bonds. The predicted molar refractivity (Wildman–Crippen MR) is 81.6 cm³/mol. The van der Waals surface area contributed by atoms with E-state index in [4.69, 9.17) is 0 Å². The van der Waals surface area contributed by atoms with Gasteiger partial charge in [-0.05, 0) is 57.5 Å². The van der Waals surface area contributed by atoms with Crippen molar-refractivity contribution in [2.24, 2.45) is 5.92 Å². The van der Waals surface area contributed by atoms with Gasteiger partial charge in [0.1, 0.15) is 0 Å². The van der Waals surface area contributed by atoms with Crippen LogP contribution in [0.2, 0.25) is 0 Å². The molecule has 0 unspecified atom stereocenters. The third-order valence-corrected chi connectivity index (χ3v) is 5.82. The van der Waals surface area contributed by atoms with Crippen LogP contribution in [-0.4, -0.2) is 47.4 Å². The summed E-state index contributed by atoms with van der Waals surface area (Å²) >= 11 is 0. The number of amides is 1. The molecule has 0 radical (unpaired) electrons. The number of hydrogen-bond acceptors (Lipinski definition) is 2. The van der Waals surface area contributed by atoms with Gasteiger partial charge < -0.3 is 4.90 Å². The van der Waals surface area contributed by atoms with E-state index in [2.05, 4.69) is 16.7 Å². The van der Waals surface area contributed by atoms with Crippen LogP contribution in [0.15, 0.2) is 0 Å². The zero-order valence-corrected chi connectivity index (χ0v) is 13.0. The van der Waals surface area contributed by atoms with E-state index in [1.807, 2.05) is 0 Å². The van der Waals surface area contributed by atoms with Crippen molar-refractivity contribution >= 4 is 5.91 Å². The van der Waals surface area contributed by atoms with Gasteiger partial charge in [-0.3, -0.25) is 9.69 Å². The molecule has 2 saturated heterocycles. The van der Waals surface area contributed by atoms with Crippen LogP contribution in [0.25, 0.3) is 0 Å². The molecule has 0 aromatic heterocycles. The van der Waals surface area contributed by atoms with Gasteiger partial charge in [0.05, 0.1) is 0 Å². The highest BCUT2D eigenvalue weighted by molar-refractivity contribution is 5.77. The van der Waals surface area contributed by atoms with Crippen LogP contribution in [0.3, 0.4) is 0 Å². The summed E-state index contributed by atoms with van der Waals surface area (Å²) < 4.78 is 0. The lowest BCUT2D eigenvalue weighted by molar-refractivity contribution is -0.134. The van der Waals surface area contributed by atoms with Gasteiger partial charge in [0, 0.05) is 25.0 Å². The van der Waals surface area contributed by atoms with Crippen LogP contribution in [0.4, 0.5) is 0 Å². The molecule has 3 aliphatic rings. The highest BCUT2D eigenvalue weighted by Gasteiger charge is 2.39. The molecule has 3 heteroatoms. The van der Waals surface area contributed by atoms with Gasteiger partial charge in [0.2, 0.25) is 5.91 Å². The van der Waals surface area contributed by atoms with E-state index in [1.54, 1.807) is 0 Å². The second-order valence-corrected chi connectivity index (χ2v) is 6.99. The molecular weight excluding hydrogens is 248 g/mol. The Morgan fingerprint density at radius 3 is 2.40 bits per heavy atom. The minimum absolute atomic E-state index is 0.461. The Balaban J connectivity index is 1.61. The second kappa shape index (κ2) is 6.46. The molecule has 0 aromatic rings. The van der Waals surface area contributed by atoms with Gasteiger partial charge in [-0.1, -0.05) is 19.8 Å². The van der Waals surface area contributed by atoms with Gasteiger partial charge in [-0.15, -0.1) is 0 Å². The fraction of sp³-hybridized carbons (Fsp3) is 0.941. The first-order chi connectivity index (χ1) is 9.79. The van der Waals surface area contributed by atoms with E-state index in [9.17, 15) is 4.79 Å². The Bertz CT molecular complexity index is 338. The van der Waals surface area contributed by atoms with Crippen LogP contribution in [-0.2, 0) is 4.79 Å². The van der Waals surface area contributed by atoms with Crippen molar-refractivity contribution in [1.82, 2.24) is 9.80 Å². The standard InChI is InChI=1S/C17H30N2O/c1-2-18-11-5-9-15(18)16-10-6-12-19(16)17(20)13-14-7-3-4-8-14/h14-16H,2-13H2,1H3/t15-,16-/m0/s1. The number of carbonyl (C=O) groups excluding carboxylic acids is 1. The average molecular weight is 278 g/mol. The van der Waals surface area contributed by atoms with E-state index in [0.717, 1.165) is 19.5 Å². The molecule has 114 valence electrons. The summed E-state index contributed by atoms with van der Waals surface area (Å²) in [5, 5.41) is 0. The maximum atomic E-state index is 12.7. The summed E-state index contributed by atoms with van der Waals surface area (Å²) in [7, 11) is 0. The molecule has 1 saturated carbocycles. The Morgan fingerprint density at radius 2 is 1.65 bits per heavy atom. The van der Waals surface area contributed by atoms with Crippen molar-refractivity contribution in [3.05, 3.63) is 0 Å². The summed E-state index contributed by atoms with van der Waals surface area (Å²) in [5.41, 5.74) is 0. The Hall–Kier alpha value is -0.570. The van der Waals surface area contributed by atoms with E-state index in [1.165, 1.54) is 57.9 Å². The highest BCUT2D eigenvalue weighted by Crippen LogP contribution is 2.33. The van der Waals surface area contributed by atoms with E-state index < -0.39 is 0 Å². The third kappa shape index (κ3) is 2.88. The fourth-order valence-corrected chi connectivity index (χ4v) is 4.76. The zero-order chi connectivity index (χ0) is 13.9. The van der Waals surface area contributed by atoms with Crippen LogP contribution < -0.4 is 0 Å². The molecular formula is C17H30N2O. The number of likely N-dealkylation sites (tertiary alicyclic amines) is 2. The van der Waals surface area contributed by atoms with Crippen molar-refractivity contribution in [2.45, 2.75) is 76.8 Å². The van der Waals surface area contributed by atoms with Crippen LogP contribution in [0.1, 0.15) is 64.7 Å². The van der Waals surface area contributed by atoms with E-state index >= 15 is 0 Å². The van der Waals surface area contributed by atoms with E-state index in [-0.39, 0.29) is 0 Å². The van der Waals surface area contributed by atoms with Crippen molar-refractivity contribution in [3.63, 3.8) is 0 Å². The van der Waals surface area contributed by atoms with Gasteiger partial charge >= 0.3 is 0 Å². The second-order valence-electron chi connectivity index (χ2n) is 6.99. The van der Waals surface area contributed by atoms with Gasteiger partial charge in [-0.25, -0.2) is 0 Å². The minimum atomic E-state index is 0.461. The lowest BCUT2D eigenvalue weighted by Gasteiger charge is -2.35. The molecule has 3 nitrogen and oxygen atoms in total. The summed E-state index contributed by atoms with van der Waals surface area (Å²) in [6.07, 6.45) is 11.2. The molecule has 0 aromatic carbocycles. The van der Waals surface area contributed by atoms with Crippen molar-refractivity contribution in [3.8, 4) is 0 Å². The lowest BCUT2D eigenvalue weighted by atomic mass is 10.00. The van der Waals surface area contributed by atoms with Crippen molar-refractivity contribution in [1.29, 1.82) is 0 Å². The molecule has 2 atom stereocenters. The monoisotopic (exact) mass is 278 g/mol. The molecule has 0 bridgehead atoms. The molecule has 0 spiro atoms. The lowest BCUT2D eigenvalue weighted by Crippen LogP contribution is -2.48. The largest absolute Gasteiger partial charge is 0.338 e. The number of hydrogen-bond donors (Lipinski definition) is 0. The normalized spacial score (nSPS) is 32.4. The Labute approximate surface area is 123 Å². The molecule has 3 rings (SSSR count). The van der Waals surface area contributed by atoms with Gasteiger partial charge in [0.15, 0.2) is 0 Å². The maximum absolute atomic E-state index is 12.7. The SMILES string of the molecule is CCN1CCC[C@H]1[C@@H]1CCCN1C(=O)CC1CCCC1. The number of carbonyl (C=O) groups is 1. The topological polar surface area (TPSA) is 23.6 Å². The minimum Gasteiger partial charge on any atom is -0.338 e. The zero-order valence-electron chi connectivity index (χ0n) is 13.0. The molecule has 2 aliphatic heterocycles. The number of nitrogens with zero attached hydrogens (tertiary/aromatic N) is 2. The Morgan fingerprint density at radius 1 is 0.950 bits per heavy atom. The maximum Gasteiger partial charge on any atom is 0.223 e. The summed E-state index contributed by atoms with van der Waals surface area (Å²) in [6, 6.07) is 1.17. The number of likely N-dealkylation sites (N-methyl/N-ethyl adjacent to an activating group) is 1. The molecule has 0 N–H and O–H groups in total. The van der Waals surface area contributed by atoms with Crippen LogP contribution >= 0.6 is 0 Å². The predicted octanol–water partition coefficient (Wildman–Crippen LogP) is 3.04.